The van der Waals surface area contributed by atoms with E-state index >= 15 is 0 Å². The number of hydrogen-bond acceptors (Lipinski definition) is 3. The molecule has 0 aromatic heterocycles. The average molecular weight is 295 g/mol. The highest BCUT2D eigenvalue weighted by Gasteiger charge is 2.36. The first-order chi connectivity index (χ1) is 9.90. The van der Waals surface area contributed by atoms with Crippen molar-refractivity contribution in [1.29, 1.82) is 0 Å². The van der Waals surface area contributed by atoms with E-state index in [9.17, 15) is 4.79 Å². The molecule has 0 heterocycles. The van der Waals surface area contributed by atoms with Crippen LogP contribution in [0.3, 0.4) is 0 Å². The summed E-state index contributed by atoms with van der Waals surface area (Å²) in [6, 6.07) is 1.25. The number of primary amides is 1. The first-order valence-electron chi connectivity index (χ1n) is 8.68. The molecule has 0 aromatic rings. The number of hydrogen-bond donors (Lipinski definition) is 2. The molecule has 2 rings (SSSR count). The molecular weight excluding hydrogens is 262 g/mol. The van der Waals surface area contributed by atoms with E-state index in [-0.39, 0.29) is 5.91 Å². The Bertz CT molecular complexity index is 348. The van der Waals surface area contributed by atoms with Crippen LogP contribution in [0.1, 0.15) is 65.2 Å². The summed E-state index contributed by atoms with van der Waals surface area (Å²) in [6.07, 6.45) is 9.60. The lowest BCUT2D eigenvalue weighted by atomic mass is 9.86. The molecule has 1 unspecified atom stereocenters. The maximum atomic E-state index is 11.7. The molecule has 2 saturated carbocycles. The monoisotopic (exact) mass is 295 g/mol. The van der Waals surface area contributed by atoms with Crippen molar-refractivity contribution in [2.24, 2.45) is 11.7 Å². The second-order valence-corrected chi connectivity index (χ2v) is 7.61. The van der Waals surface area contributed by atoms with Gasteiger partial charge in [0.15, 0.2) is 0 Å². The van der Waals surface area contributed by atoms with Crippen LogP contribution in [0.15, 0.2) is 0 Å². The van der Waals surface area contributed by atoms with E-state index in [1.807, 2.05) is 6.92 Å². The summed E-state index contributed by atoms with van der Waals surface area (Å²) >= 11 is 0. The van der Waals surface area contributed by atoms with Crippen molar-refractivity contribution in [2.45, 2.75) is 82.8 Å². The summed E-state index contributed by atoms with van der Waals surface area (Å²) in [6.45, 7) is 5.39. The van der Waals surface area contributed by atoms with Gasteiger partial charge in [-0.25, -0.2) is 0 Å². The molecule has 0 aromatic carbocycles. The highest BCUT2D eigenvalue weighted by atomic mass is 16.1. The molecule has 2 fully saturated rings. The molecule has 0 saturated heterocycles. The van der Waals surface area contributed by atoms with Gasteiger partial charge in [-0.2, -0.15) is 0 Å². The van der Waals surface area contributed by atoms with Crippen LogP contribution in [0.25, 0.3) is 0 Å². The highest BCUT2D eigenvalue weighted by Crippen LogP contribution is 2.27. The van der Waals surface area contributed by atoms with Crippen LogP contribution < -0.4 is 11.1 Å². The van der Waals surface area contributed by atoms with Gasteiger partial charge in [0.1, 0.15) is 0 Å². The summed E-state index contributed by atoms with van der Waals surface area (Å²) in [5, 5.41) is 3.43. The Morgan fingerprint density at radius 2 is 1.86 bits per heavy atom. The molecule has 2 aliphatic rings. The van der Waals surface area contributed by atoms with Gasteiger partial charge in [0.25, 0.3) is 0 Å². The number of nitrogens with zero attached hydrogens (tertiary/aromatic N) is 1. The summed E-state index contributed by atoms with van der Waals surface area (Å²) < 4.78 is 0. The van der Waals surface area contributed by atoms with Crippen LogP contribution in [-0.2, 0) is 4.79 Å². The van der Waals surface area contributed by atoms with Gasteiger partial charge in [-0.15, -0.1) is 0 Å². The van der Waals surface area contributed by atoms with E-state index in [0.29, 0.717) is 6.04 Å². The van der Waals surface area contributed by atoms with Crippen molar-refractivity contribution >= 4 is 5.91 Å². The van der Waals surface area contributed by atoms with Crippen molar-refractivity contribution in [3.05, 3.63) is 0 Å². The van der Waals surface area contributed by atoms with Crippen molar-refractivity contribution < 1.29 is 4.79 Å². The number of nitrogens with one attached hydrogen (secondary N) is 1. The third-order valence-corrected chi connectivity index (χ3v) is 5.44. The molecule has 0 aliphatic heterocycles. The summed E-state index contributed by atoms with van der Waals surface area (Å²) in [7, 11) is 2.23. The number of amides is 1. The first-order valence-corrected chi connectivity index (χ1v) is 8.68. The molecule has 0 bridgehead atoms. The lowest BCUT2D eigenvalue weighted by Gasteiger charge is -2.34. The van der Waals surface area contributed by atoms with E-state index < -0.39 is 5.54 Å². The third-order valence-electron chi connectivity index (χ3n) is 5.44. The molecule has 4 heteroatoms. The lowest BCUT2D eigenvalue weighted by Crippen LogP contribution is -2.54. The number of nitrogens with two attached hydrogens (primary N) is 1. The standard InChI is InChI=1S/C17H33N3O/c1-13-5-9-15(10-6-13)20(3)12-4-11-17(2,16(18)21)19-14-7-8-14/h13-15,19H,4-12H2,1-3H3,(H2,18,21). The first kappa shape index (κ1) is 16.8. The maximum absolute atomic E-state index is 11.7. The van der Waals surface area contributed by atoms with Gasteiger partial charge in [-0.3, -0.25) is 4.79 Å². The van der Waals surface area contributed by atoms with Crippen molar-refractivity contribution in [3.8, 4) is 0 Å². The normalized spacial score (nSPS) is 29.3. The van der Waals surface area contributed by atoms with Gasteiger partial charge in [-0.1, -0.05) is 6.92 Å². The summed E-state index contributed by atoms with van der Waals surface area (Å²) in [5.74, 6) is 0.694. The Kier molecular flexibility index (Phi) is 5.67. The maximum Gasteiger partial charge on any atom is 0.237 e. The van der Waals surface area contributed by atoms with E-state index in [0.717, 1.165) is 31.3 Å². The van der Waals surface area contributed by atoms with Crippen LogP contribution in [0.4, 0.5) is 0 Å². The van der Waals surface area contributed by atoms with Gasteiger partial charge < -0.3 is 16.0 Å². The van der Waals surface area contributed by atoms with E-state index in [1.54, 1.807) is 0 Å². The number of carbonyl (C=O) groups excluding carboxylic acids is 1. The molecule has 0 spiro atoms. The van der Waals surface area contributed by atoms with Gasteiger partial charge in [0.2, 0.25) is 5.91 Å². The Labute approximate surface area is 129 Å². The van der Waals surface area contributed by atoms with Crippen LogP contribution in [0.2, 0.25) is 0 Å². The summed E-state index contributed by atoms with van der Waals surface area (Å²) in [4.78, 5) is 14.2. The molecule has 1 amide bonds. The average Bonchev–Trinajstić information content (AvgIpc) is 3.23. The van der Waals surface area contributed by atoms with Crippen molar-refractivity contribution in [1.82, 2.24) is 10.2 Å². The zero-order valence-electron chi connectivity index (χ0n) is 14.0. The Morgan fingerprint density at radius 1 is 1.24 bits per heavy atom. The van der Waals surface area contributed by atoms with Crippen LogP contribution in [0, 0.1) is 5.92 Å². The molecule has 4 nitrogen and oxygen atoms in total. The molecule has 122 valence electrons. The fourth-order valence-electron chi connectivity index (χ4n) is 3.49. The number of rotatable bonds is 8. The zero-order chi connectivity index (χ0) is 15.5. The zero-order valence-corrected chi connectivity index (χ0v) is 14.0. The topological polar surface area (TPSA) is 58.4 Å². The van der Waals surface area contributed by atoms with Crippen molar-refractivity contribution in [2.75, 3.05) is 13.6 Å². The molecule has 1 atom stereocenters. The minimum absolute atomic E-state index is 0.205. The molecule has 3 N–H and O–H groups in total. The van der Waals surface area contributed by atoms with Gasteiger partial charge >= 0.3 is 0 Å². The summed E-state index contributed by atoms with van der Waals surface area (Å²) in [5.41, 5.74) is 5.08. The predicted octanol–water partition coefficient (Wildman–Crippen LogP) is 2.27. The van der Waals surface area contributed by atoms with Gasteiger partial charge in [0, 0.05) is 12.1 Å². The fourth-order valence-corrected chi connectivity index (χ4v) is 3.49. The molecule has 21 heavy (non-hydrogen) atoms. The lowest BCUT2D eigenvalue weighted by molar-refractivity contribution is -0.124. The SMILES string of the molecule is CC1CCC(N(C)CCCC(C)(NC2CC2)C(N)=O)CC1. The Hall–Kier alpha value is -0.610. The largest absolute Gasteiger partial charge is 0.368 e. The van der Waals surface area contributed by atoms with Crippen LogP contribution in [-0.4, -0.2) is 42.0 Å². The van der Waals surface area contributed by atoms with Gasteiger partial charge in [0.05, 0.1) is 5.54 Å². The Morgan fingerprint density at radius 3 is 2.38 bits per heavy atom. The van der Waals surface area contributed by atoms with Crippen molar-refractivity contribution in [3.63, 3.8) is 0 Å². The fraction of sp³-hybridized carbons (Fsp3) is 0.941. The second kappa shape index (κ2) is 7.10. The van der Waals surface area contributed by atoms with E-state index in [1.165, 1.54) is 38.5 Å². The van der Waals surface area contributed by atoms with Crippen LogP contribution in [0.5, 0.6) is 0 Å². The Balaban J connectivity index is 1.72. The quantitative estimate of drug-likeness (QED) is 0.722. The predicted molar refractivity (Wildman–Crippen MR) is 87.0 cm³/mol. The number of carbonyl (C=O) groups is 1. The molecule has 0 radical (unpaired) electrons. The third kappa shape index (κ3) is 4.96. The highest BCUT2D eigenvalue weighted by molar-refractivity contribution is 5.84. The molecular formula is C17H33N3O. The second-order valence-electron chi connectivity index (χ2n) is 7.61. The molecule has 2 aliphatic carbocycles. The minimum atomic E-state index is -0.525. The van der Waals surface area contributed by atoms with E-state index in [2.05, 4.69) is 24.2 Å². The van der Waals surface area contributed by atoms with E-state index in [4.69, 9.17) is 5.73 Å². The minimum Gasteiger partial charge on any atom is -0.368 e. The van der Waals surface area contributed by atoms with Crippen LogP contribution >= 0.6 is 0 Å². The van der Waals surface area contributed by atoms with Gasteiger partial charge in [-0.05, 0) is 77.8 Å². The smallest absolute Gasteiger partial charge is 0.237 e.